The molecular formula is C14H17NO2. The summed E-state index contributed by atoms with van der Waals surface area (Å²) in [4.78, 5) is 11.0. The van der Waals surface area contributed by atoms with E-state index in [0.29, 0.717) is 6.42 Å². The Balaban J connectivity index is 2.09. The number of methoxy groups -OCH3 is 1. The molecular weight excluding hydrogens is 214 g/mol. The molecule has 17 heavy (non-hydrogen) atoms. The van der Waals surface area contributed by atoms with E-state index in [1.165, 1.54) is 23.6 Å². The molecule has 0 saturated carbocycles. The first-order valence-electron chi connectivity index (χ1n) is 5.83. The summed E-state index contributed by atoms with van der Waals surface area (Å²) in [7, 11) is 1.43. The Morgan fingerprint density at radius 2 is 2.18 bits per heavy atom. The normalized spacial score (nSPS) is 10.7. The van der Waals surface area contributed by atoms with Crippen LogP contribution in [0.3, 0.4) is 0 Å². The van der Waals surface area contributed by atoms with Gasteiger partial charge in [0, 0.05) is 30.1 Å². The maximum Gasteiger partial charge on any atom is 0.305 e. The number of aromatic nitrogens is 1. The van der Waals surface area contributed by atoms with Gasteiger partial charge in [-0.2, -0.15) is 0 Å². The summed E-state index contributed by atoms with van der Waals surface area (Å²) in [5.74, 6) is -0.141. The number of hydrogen-bond donors (Lipinski definition) is 0. The van der Waals surface area contributed by atoms with Gasteiger partial charge in [-0.1, -0.05) is 12.1 Å². The fourth-order valence-corrected chi connectivity index (χ4v) is 2.07. The molecule has 0 amide bonds. The molecule has 0 aliphatic rings. The van der Waals surface area contributed by atoms with Crippen LogP contribution in [0.1, 0.15) is 18.4 Å². The standard InChI is InChI=1S/C14H17NO2/c1-11-5-3-6-13-12(11)8-10-15(13)9-4-7-14(16)17-2/h3,5-6,8,10H,4,7,9H2,1-2H3. The van der Waals surface area contributed by atoms with Gasteiger partial charge in [0.1, 0.15) is 0 Å². The molecule has 0 atom stereocenters. The molecule has 3 nitrogen and oxygen atoms in total. The van der Waals surface area contributed by atoms with E-state index in [1.54, 1.807) is 0 Å². The predicted octanol–water partition coefficient (Wildman–Crippen LogP) is 2.90. The second-order valence-corrected chi connectivity index (χ2v) is 4.20. The van der Waals surface area contributed by atoms with E-state index in [2.05, 4.69) is 46.7 Å². The highest BCUT2D eigenvalue weighted by molar-refractivity contribution is 5.83. The molecule has 0 spiro atoms. The Labute approximate surface area is 101 Å². The molecule has 0 aliphatic carbocycles. The van der Waals surface area contributed by atoms with Crippen LogP contribution < -0.4 is 0 Å². The first-order valence-corrected chi connectivity index (χ1v) is 5.83. The van der Waals surface area contributed by atoms with Gasteiger partial charge in [-0.25, -0.2) is 0 Å². The Morgan fingerprint density at radius 3 is 2.94 bits per heavy atom. The predicted molar refractivity (Wildman–Crippen MR) is 67.9 cm³/mol. The highest BCUT2D eigenvalue weighted by atomic mass is 16.5. The average molecular weight is 231 g/mol. The third-order valence-corrected chi connectivity index (χ3v) is 3.04. The zero-order valence-corrected chi connectivity index (χ0v) is 10.3. The number of carbonyl (C=O) groups excluding carboxylic acids is 1. The van der Waals surface area contributed by atoms with Gasteiger partial charge in [-0.3, -0.25) is 4.79 Å². The van der Waals surface area contributed by atoms with Gasteiger partial charge < -0.3 is 9.30 Å². The Bertz CT molecular complexity index is 528. The van der Waals surface area contributed by atoms with Crippen molar-refractivity contribution in [3.05, 3.63) is 36.0 Å². The second kappa shape index (κ2) is 5.04. The highest BCUT2D eigenvalue weighted by Gasteiger charge is 2.04. The number of rotatable bonds is 4. The second-order valence-electron chi connectivity index (χ2n) is 4.20. The number of nitrogens with zero attached hydrogens (tertiary/aromatic N) is 1. The van der Waals surface area contributed by atoms with Gasteiger partial charge in [-0.05, 0) is 31.0 Å². The van der Waals surface area contributed by atoms with E-state index >= 15 is 0 Å². The van der Waals surface area contributed by atoms with Crippen LogP contribution in [0.2, 0.25) is 0 Å². The lowest BCUT2D eigenvalue weighted by molar-refractivity contribution is -0.140. The minimum absolute atomic E-state index is 0.141. The van der Waals surface area contributed by atoms with Crippen LogP contribution in [0.25, 0.3) is 10.9 Å². The molecule has 2 rings (SSSR count). The summed E-state index contributed by atoms with van der Waals surface area (Å²) in [5.41, 5.74) is 2.52. The van der Waals surface area contributed by atoms with Crippen molar-refractivity contribution < 1.29 is 9.53 Å². The number of esters is 1. The Hall–Kier alpha value is -1.77. The van der Waals surface area contributed by atoms with E-state index in [-0.39, 0.29) is 5.97 Å². The topological polar surface area (TPSA) is 31.2 Å². The molecule has 0 bridgehead atoms. The summed E-state index contributed by atoms with van der Waals surface area (Å²) in [5, 5.41) is 1.28. The highest BCUT2D eigenvalue weighted by Crippen LogP contribution is 2.19. The molecule has 1 heterocycles. The van der Waals surface area contributed by atoms with Crippen LogP contribution in [0, 0.1) is 6.92 Å². The van der Waals surface area contributed by atoms with E-state index in [1.807, 2.05) is 0 Å². The van der Waals surface area contributed by atoms with Gasteiger partial charge in [0.15, 0.2) is 0 Å². The molecule has 0 saturated heterocycles. The molecule has 0 radical (unpaired) electrons. The van der Waals surface area contributed by atoms with Crippen LogP contribution in [-0.4, -0.2) is 17.6 Å². The first kappa shape index (κ1) is 11.7. The zero-order chi connectivity index (χ0) is 12.3. The number of ether oxygens (including phenoxy) is 1. The SMILES string of the molecule is COC(=O)CCCn1ccc2c(C)cccc21. The van der Waals surface area contributed by atoms with E-state index in [0.717, 1.165) is 13.0 Å². The van der Waals surface area contributed by atoms with Crippen molar-refractivity contribution in [3.63, 3.8) is 0 Å². The maximum absolute atomic E-state index is 11.0. The van der Waals surface area contributed by atoms with Crippen LogP contribution in [0.5, 0.6) is 0 Å². The van der Waals surface area contributed by atoms with Crippen LogP contribution in [0.15, 0.2) is 30.5 Å². The molecule has 0 fully saturated rings. The smallest absolute Gasteiger partial charge is 0.305 e. The quantitative estimate of drug-likeness (QED) is 0.758. The minimum atomic E-state index is -0.141. The Morgan fingerprint density at radius 1 is 1.35 bits per heavy atom. The third-order valence-electron chi connectivity index (χ3n) is 3.04. The molecule has 0 aliphatic heterocycles. The van der Waals surface area contributed by atoms with Gasteiger partial charge in [0.25, 0.3) is 0 Å². The monoisotopic (exact) mass is 231 g/mol. The molecule has 0 unspecified atom stereocenters. The third kappa shape index (κ3) is 2.49. The summed E-state index contributed by atoms with van der Waals surface area (Å²) >= 11 is 0. The van der Waals surface area contributed by atoms with Crippen molar-refractivity contribution in [2.45, 2.75) is 26.3 Å². The lowest BCUT2D eigenvalue weighted by Gasteiger charge is -2.05. The summed E-state index contributed by atoms with van der Waals surface area (Å²) in [6.07, 6.45) is 3.36. The van der Waals surface area contributed by atoms with Crippen LogP contribution in [0.4, 0.5) is 0 Å². The van der Waals surface area contributed by atoms with Crippen molar-refractivity contribution in [2.75, 3.05) is 7.11 Å². The van der Waals surface area contributed by atoms with Crippen LogP contribution in [-0.2, 0) is 16.1 Å². The van der Waals surface area contributed by atoms with E-state index < -0.39 is 0 Å². The van der Waals surface area contributed by atoms with Crippen molar-refractivity contribution in [1.29, 1.82) is 0 Å². The molecule has 1 aromatic carbocycles. The lowest BCUT2D eigenvalue weighted by Crippen LogP contribution is -2.03. The summed E-state index contributed by atoms with van der Waals surface area (Å²) in [6, 6.07) is 8.42. The average Bonchev–Trinajstić information content (AvgIpc) is 2.74. The number of hydrogen-bond acceptors (Lipinski definition) is 2. The lowest BCUT2D eigenvalue weighted by atomic mass is 10.1. The number of fused-ring (bicyclic) bond motifs is 1. The fourth-order valence-electron chi connectivity index (χ4n) is 2.07. The number of carbonyl (C=O) groups is 1. The van der Waals surface area contributed by atoms with Gasteiger partial charge in [0.2, 0.25) is 0 Å². The first-order chi connectivity index (χ1) is 8.22. The van der Waals surface area contributed by atoms with Crippen molar-refractivity contribution in [2.24, 2.45) is 0 Å². The molecule has 90 valence electrons. The number of aryl methyl sites for hydroxylation is 2. The number of benzene rings is 1. The minimum Gasteiger partial charge on any atom is -0.469 e. The largest absolute Gasteiger partial charge is 0.469 e. The summed E-state index contributed by atoms with van der Waals surface area (Å²) < 4.78 is 6.81. The van der Waals surface area contributed by atoms with Gasteiger partial charge >= 0.3 is 5.97 Å². The van der Waals surface area contributed by atoms with Gasteiger partial charge in [0.05, 0.1) is 7.11 Å². The molecule has 0 N–H and O–H groups in total. The maximum atomic E-state index is 11.0. The van der Waals surface area contributed by atoms with Crippen molar-refractivity contribution >= 4 is 16.9 Å². The summed E-state index contributed by atoms with van der Waals surface area (Å²) in [6.45, 7) is 2.96. The molecule has 2 aromatic rings. The Kier molecular flexibility index (Phi) is 3.47. The fraction of sp³-hybridized carbons (Fsp3) is 0.357. The molecule has 3 heteroatoms. The van der Waals surface area contributed by atoms with Crippen LogP contribution >= 0.6 is 0 Å². The zero-order valence-electron chi connectivity index (χ0n) is 10.3. The van der Waals surface area contributed by atoms with Gasteiger partial charge in [-0.15, -0.1) is 0 Å². The van der Waals surface area contributed by atoms with E-state index in [4.69, 9.17) is 0 Å². The van der Waals surface area contributed by atoms with Crippen molar-refractivity contribution in [3.8, 4) is 0 Å². The van der Waals surface area contributed by atoms with Crippen molar-refractivity contribution in [1.82, 2.24) is 4.57 Å². The van der Waals surface area contributed by atoms with E-state index in [9.17, 15) is 4.79 Å². The molecule has 1 aromatic heterocycles.